The monoisotopic (exact) mass is 647 g/mol. The Morgan fingerprint density at radius 2 is 1.78 bits per heavy atom. The summed E-state index contributed by atoms with van der Waals surface area (Å²) in [6.45, 7) is -1.34. The number of amides is 2. The van der Waals surface area contributed by atoms with Crippen LogP contribution >= 0.6 is 0 Å². The molecule has 4 rings (SSSR count). The molecule has 1 saturated carbocycles. The minimum absolute atomic E-state index is 0.0257. The van der Waals surface area contributed by atoms with Crippen molar-refractivity contribution in [2.75, 3.05) is 11.9 Å². The number of nitriles is 1. The van der Waals surface area contributed by atoms with Crippen molar-refractivity contribution in [1.29, 1.82) is 5.26 Å². The SMILES string of the molecule is N#CCC(=O)NCc1ccc(C(F)(F)F)c(Nc2nc3cc(C(=O)N[C@H]4CC[C@H](C(F)(F)F)CC4)c(OCC(F)F)nc3[nH]2)c1. The average Bonchev–Trinajstić information content (AvgIpc) is 3.35. The van der Waals surface area contributed by atoms with E-state index in [0.717, 1.165) is 24.3 Å². The Hall–Kier alpha value is -4.69. The third-order valence-electron chi connectivity index (χ3n) is 6.92. The second-order valence-electron chi connectivity index (χ2n) is 10.2. The highest BCUT2D eigenvalue weighted by atomic mass is 19.4. The minimum Gasteiger partial charge on any atom is -0.471 e. The number of imidazole rings is 1. The summed E-state index contributed by atoms with van der Waals surface area (Å²) >= 11 is 0. The molecule has 0 saturated heterocycles. The molecule has 1 aliphatic carbocycles. The fourth-order valence-electron chi connectivity index (χ4n) is 4.74. The first kappa shape index (κ1) is 33.2. The third-order valence-corrected chi connectivity index (χ3v) is 6.92. The number of nitrogens with zero attached hydrogens (tertiary/aromatic N) is 3. The molecule has 0 atom stereocenters. The van der Waals surface area contributed by atoms with Gasteiger partial charge in [0, 0.05) is 12.6 Å². The molecule has 0 radical (unpaired) electrons. The van der Waals surface area contributed by atoms with Crippen molar-refractivity contribution in [3.63, 3.8) is 0 Å². The van der Waals surface area contributed by atoms with Gasteiger partial charge < -0.3 is 25.7 Å². The van der Waals surface area contributed by atoms with Crippen LogP contribution in [0.25, 0.3) is 11.2 Å². The van der Waals surface area contributed by atoms with Crippen molar-refractivity contribution >= 4 is 34.6 Å². The lowest BCUT2D eigenvalue weighted by atomic mass is 9.85. The molecular weight excluding hydrogens is 622 g/mol. The van der Waals surface area contributed by atoms with Gasteiger partial charge in [-0.2, -0.15) is 36.6 Å². The van der Waals surface area contributed by atoms with E-state index in [2.05, 4.69) is 30.9 Å². The van der Waals surface area contributed by atoms with Crippen LogP contribution in [0.15, 0.2) is 24.3 Å². The molecule has 1 aliphatic rings. The number of halogens is 8. The van der Waals surface area contributed by atoms with Gasteiger partial charge in [0.25, 0.3) is 12.3 Å². The maximum Gasteiger partial charge on any atom is 0.418 e. The molecule has 18 heteroatoms. The van der Waals surface area contributed by atoms with Crippen LogP contribution in [0, 0.1) is 17.2 Å². The van der Waals surface area contributed by atoms with E-state index < -0.39 is 72.7 Å². The van der Waals surface area contributed by atoms with Crippen LogP contribution in [0.1, 0.15) is 53.6 Å². The Labute approximate surface area is 249 Å². The molecule has 1 fully saturated rings. The van der Waals surface area contributed by atoms with E-state index in [1.807, 2.05) is 0 Å². The summed E-state index contributed by atoms with van der Waals surface area (Å²) in [5, 5.41) is 16.0. The number of benzene rings is 1. The van der Waals surface area contributed by atoms with Crippen molar-refractivity contribution in [3.05, 3.63) is 41.0 Å². The van der Waals surface area contributed by atoms with E-state index in [1.165, 1.54) is 0 Å². The van der Waals surface area contributed by atoms with Crippen LogP contribution in [-0.4, -0.2) is 52.0 Å². The average molecular weight is 648 g/mol. The number of alkyl halides is 8. The van der Waals surface area contributed by atoms with Crippen LogP contribution in [0.3, 0.4) is 0 Å². The topological polar surface area (TPSA) is 145 Å². The zero-order valence-corrected chi connectivity index (χ0v) is 23.1. The number of rotatable bonds is 10. The Kier molecular flexibility index (Phi) is 9.98. The second kappa shape index (κ2) is 13.5. The zero-order valence-electron chi connectivity index (χ0n) is 23.1. The van der Waals surface area contributed by atoms with Crippen LogP contribution in [0.2, 0.25) is 0 Å². The predicted octanol–water partition coefficient (Wildman–Crippen LogP) is 5.74. The summed E-state index contributed by atoms with van der Waals surface area (Å²) in [6, 6.07) is 5.12. The Morgan fingerprint density at radius 1 is 1.07 bits per heavy atom. The Morgan fingerprint density at radius 3 is 2.40 bits per heavy atom. The number of nitrogens with one attached hydrogen (secondary N) is 4. The van der Waals surface area contributed by atoms with Gasteiger partial charge in [0.15, 0.2) is 12.3 Å². The van der Waals surface area contributed by atoms with E-state index in [0.29, 0.717) is 0 Å². The van der Waals surface area contributed by atoms with Crippen molar-refractivity contribution in [2.45, 2.75) is 63.5 Å². The lowest BCUT2D eigenvalue weighted by Crippen LogP contribution is -2.40. The highest BCUT2D eigenvalue weighted by Gasteiger charge is 2.41. The number of aromatic nitrogens is 3. The van der Waals surface area contributed by atoms with Crippen LogP contribution < -0.4 is 20.7 Å². The van der Waals surface area contributed by atoms with Gasteiger partial charge in [-0.05, 0) is 49.4 Å². The highest BCUT2D eigenvalue weighted by molar-refractivity contribution is 5.99. The van der Waals surface area contributed by atoms with Gasteiger partial charge >= 0.3 is 12.4 Å². The zero-order chi connectivity index (χ0) is 32.9. The number of carbonyl (C=O) groups is 2. The van der Waals surface area contributed by atoms with Crippen LogP contribution in [-0.2, 0) is 17.5 Å². The van der Waals surface area contributed by atoms with Crippen LogP contribution in [0.5, 0.6) is 5.88 Å². The van der Waals surface area contributed by atoms with E-state index in [-0.39, 0.29) is 60.5 Å². The molecule has 0 unspecified atom stereocenters. The van der Waals surface area contributed by atoms with Gasteiger partial charge in [0.05, 0.1) is 23.2 Å². The normalized spacial score (nSPS) is 17.2. The van der Waals surface area contributed by atoms with E-state index >= 15 is 0 Å². The first-order valence-corrected chi connectivity index (χ1v) is 13.4. The number of fused-ring (bicyclic) bond motifs is 1. The summed E-state index contributed by atoms with van der Waals surface area (Å²) < 4.78 is 111. The van der Waals surface area contributed by atoms with Crippen molar-refractivity contribution in [3.8, 4) is 11.9 Å². The molecular formula is C27H25F8N7O3. The molecule has 3 aromatic rings. The first-order chi connectivity index (χ1) is 21.1. The minimum atomic E-state index is -4.81. The number of aromatic amines is 1. The molecule has 45 heavy (non-hydrogen) atoms. The van der Waals surface area contributed by atoms with E-state index in [4.69, 9.17) is 10.00 Å². The number of hydrogen-bond acceptors (Lipinski definition) is 7. The summed E-state index contributed by atoms with van der Waals surface area (Å²) in [7, 11) is 0. The number of hydrogen-bond donors (Lipinski definition) is 4. The van der Waals surface area contributed by atoms with Gasteiger partial charge in [-0.3, -0.25) is 9.59 Å². The first-order valence-electron chi connectivity index (χ1n) is 13.4. The molecule has 0 aliphatic heterocycles. The summed E-state index contributed by atoms with van der Waals surface area (Å²) in [5.41, 5.74) is -1.89. The number of H-pyrrole nitrogens is 1. The molecule has 242 valence electrons. The quantitative estimate of drug-likeness (QED) is 0.205. The Bertz CT molecular complexity index is 1580. The molecule has 1 aromatic carbocycles. The molecule has 2 aromatic heterocycles. The number of pyridine rings is 1. The number of carbonyl (C=O) groups excluding carboxylic acids is 2. The molecule has 0 bridgehead atoms. The van der Waals surface area contributed by atoms with Gasteiger partial charge in [0.2, 0.25) is 17.7 Å². The molecule has 0 spiro atoms. The fourth-order valence-corrected chi connectivity index (χ4v) is 4.74. The lowest BCUT2D eigenvalue weighted by Gasteiger charge is -2.30. The number of ether oxygens (including phenoxy) is 1. The predicted molar refractivity (Wildman–Crippen MR) is 141 cm³/mol. The molecule has 2 heterocycles. The maximum absolute atomic E-state index is 13.8. The van der Waals surface area contributed by atoms with Crippen molar-refractivity contribution in [2.24, 2.45) is 5.92 Å². The van der Waals surface area contributed by atoms with Gasteiger partial charge in [-0.15, -0.1) is 0 Å². The molecule has 10 nitrogen and oxygen atoms in total. The third kappa shape index (κ3) is 8.70. The largest absolute Gasteiger partial charge is 0.471 e. The van der Waals surface area contributed by atoms with Gasteiger partial charge in [-0.25, -0.2) is 13.8 Å². The fraction of sp³-hybridized carbons (Fsp3) is 0.444. The number of anilines is 2. The molecule has 2 amide bonds. The van der Waals surface area contributed by atoms with Crippen LogP contribution in [0.4, 0.5) is 46.8 Å². The van der Waals surface area contributed by atoms with Crippen molar-refractivity contribution in [1.82, 2.24) is 25.6 Å². The van der Waals surface area contributed by atoms with Crippen molar-refractivity contribution < 1.29 is 49.4 Å². The second-order valence-corrected chi connectivity index (χ2v) is 10.2. The molecule has 4 N–H and O–H groups in total. The van der Waals surface area contributed by atoms with E-state index in [9.17, 15) is 44.7 Å². The Balaban J connectivity index is 1.60. The summed E-state index contributed by atoms with van der Waals surface area (Å²) in [6.07, 6.45) is -12.9. The summed E-state index contributed by atoms with van der Waals surface area (Å²) in [5.74, 6) is -3.83. The smallest absolute Gasteiger partial charge is 0.418 e. The summed E-state index contributed by atoms with van der Waals surface area (Å²) in [4.78, 5) is 35.4. The maximum atomic E-state index is 13.8. The lowest BCUT2D eigenvalue weighted by molar-refractivity contribution is -0.182. The standard InChI is InChI=1S/C27H25F8N7O3/c28-20(29)12-45-24-16(23(44)38-15-4-2-14(3-5-15)26(30,31)32)10-19-22(41-24)42-25(40-19)39-18-9-13(11-37-21(43)7-8-36)1-6-17(18)27(33,34)35/h1,6,9-10,14-15,20H,2-5,7,11-12H2,(H,37,43)(H,38,44)(H2,39,40,41,42)/t14-,15-. The van der Waals surface area contributed by atoms with E-state index in [1.54, 1.807) is 6.07 Å². The van der Waals surface area contributed by atoms with Gasteiger partial charge in [-0.1, -0.05) is 6.07 Å². The van der Waals surface area contributed by atoms with Gasteiger partial charge in [0.1, 0.15) is 17.5 Å². The highest BCUT2D eigenvalue weighted by Crippen LogP contribution is 2.38.